The molecule has 0 saturated carbocycles. The number of nitrogens with zero attached hydrogens (tertiary/aromatic N) is 3. The molecule has 1 aliphatic rings. The Bertz CT molecular complexity index is 1670. The molecule has 1 aromatic rings. The Morgan fingerprint density at radius 2 is 1.31 bits per heavy atom. The lowest BCUT2D eigenvalue weighted by Crippen LogP contribution is -2.60. The van der Waals surface area contributed by atoms with E-state index in [1.165, 1.54) is 10.5 Å². The second-order valence-electron chi connectivity index (χ2n) is 19.3. The van der Waals surface area contributed by atoms with Gasteiger partial charge in [-0.05, 0) is 42.6 Å². The monoisotopic (exact) mass is 1040 g/mol. The van der Waals surface area contributed by atoms with Crippen LogP contribution in [-0.4, -0.2) is 207 Å². The highest BCUT2D eigenvalue weighted by atomic mass is 32.1. The SMILES string of the molecule is CCC(C)C(C(CC(=O)N1CCC[C@H]1C(OC)C(C)C(=S)NCCc1ccccc1)OC)N(C)C(=O)C(NC(=O)C(C(C)C)N(C)C(=O)CCOCCOCCOCCOCCOCCOCCN)C(C)C. The molecule has 1 aliphatic heterocycles. The number of thiocarbonyl (C=S) groups is 1. The largest absolute Gasteiger partial charge is 0.379 e. The molecule has 4 N–H and O–H groups in total. The fourth-order valence-electron chi connectivity index (χ4n) is 9.12. The number of amides is 4. The summed E-state index contributed by atoms with van der Waals surface area (Å²) in [5, 5.41) is 6.43. The molecule has 1 heterocycles. The Labute approximate surface area is 437 Å². The van der Waals surface area contributed by atoms with E-state index in [1.54, 1.807) is 33.2 Å². The summed E-state index contributed by atoms with van der Waals surface area (Å²) in [5.74, 6) is -1.80. The molecule has 0 bridgehead atoms. The van der Waals surface area contributed by atoms with E-state index >= 15 is 0 Å². The molecule has 414 valence electrons. The molecule has 1 saturated heterocycles. The van der Waals surface area contributed by atoms with E-state index in [0.717, 1.165) is 25.7 Å². The Kier molecular flexibility index (Phi) is 33.6. The lowest BCUT2D eigenvalue weighted by molar-refractivity contribution is -0.148. The van der Waals surface area contributed by atoms with Gasteiger partial charge in [0.2, 0.25) is 23.6 Å². The third-order valence-electron chi connectivity index (χ3n) is 13.3. The molecule has 0 aliphatic carbocycles. The third kappa shape index (κ3) is 23.0. The minimum Gasteiger partial charge on any atom is -0.379 e. The smallest absolute Gasteiger partial charge is 0.245 e. The number of hydrogen-bond acceptors (Lipinski definition) is 14. The maximum Gasteiger partial charge on any atom is 0.245 e. The quantitative estimate of drug-likeness (QED) is 0.0625. The van der Waals surface area contributed by atoms with Crippen molar-refractivity contribution >= 4 is 40.8 Å². The zero-order valence-electron chi connectivity index (χ0n) is 45.7. The van der Waals surface area contributed by atoms with E-state index in [1.807, 2.05) is 71.6 Å². The van der Waals surface area contributed by atoms with Crippen LogP contribution in [0.15, 0.2) is 30.3 Å². The van der Waals surface area contributed by atoms with Gasteiger partial charge >= 0.3 is 0 Å². The number of nitrogens with two attached hydrogens (primary N) is 1. The Morgan fingerprint density at radius 3 is 1.79 bits per heavy atom. The maximum absolute atomic E-state index is 14.6. The number of likely N-dealkylation sites (N-methyl/N-ethyl adjacent to an activating group) is 2. The van der Waals surface area contributed by atoms with E-state index in [2.05, 4.69) is 22.8 Å². The predicted molar refractivity (Wildman–Crippen MR) is 284 cm³/mol. The summed E-state index contributed by atoms with van der Waals surface area (Å²) in [6.07, 6.45) is 2.35. The van der Waals surface area contributed by atoms with Gasteiger partial charge in [0.25, 0.3) is 0 Å². The Balaban J connectivity index is 1.93. The molecular formula is C53H94N6O12S. The number of carbonyl (C=O) groups is 4. The van der Waals surface area contributed by atoms with Crippen molar-refractivity contribution in [2.75, 3.05) is 127 Å². The van der Waals surface area contributed by atoms with Gasteiger partial charge in [-0.3, -0.25) is 19.2 Å². The first-order valence-electron chi connectivity index (χ1n) is 26.2. The van der Waals surface area contributed by atoms with Gasteiger partial charge in [-0.2, -0.15) is 0 Å². The number of nitrogens with one attached hydrogen (secondary N) is 2. The lowest BCUT2D eigenvalue weighted by Gasteiger charge is -2.41. The summed E-state index contributed by atoms with van der Waals surface area (Å²) < 4.78 is 45.1. The molecule has 7 unspecified atom stereocenters. The number of hydrogen-bond donors (Lipinski definition) is 3. The van der Waals surface area contributed by atoms with Crippen molar-refractivity contribution in [1.29, 1.82) is 0 Å². The van der Waals surface area contributed by atoms with Gasteiger partial charge in [0.1, 0.15) is 12.1 Å². The molecule has 2 rings (SSSR count). The van der Waals surface area contributed by atoms with Crippen molar-refractivity contribution in [2.45, 2.75) is 123 Å². The molecule has 4 amide bonds. The van der Waals surface area contributed by atoms with Crippen LogP contribution in [0.25, 0.3) is 0 Å². The van der Waals surface area contributed by atoms with Gasteiger partial charge in [0.05, 0.1) is 121 Å². The number of benzene rings is 1. The summed E-state index contributed by atoms with van der Waals surface area (Å²) in [6.45, 7) is 20.4. The molecule has 0 radical (unpaired) electrons. The number of carbonyl (C=O) groups excluding carboxylic acids is 4. The summed E-state index contributed by atoms with van der Waals surface area (Å²) >= 11 is 5.85. The van der Waals surface area contributed by atoms with Crippen molar-refractivity contribution in [2.24, 2.45) is 29.4 Å². The highest BCUT2D eigenvalue weighted by Gasteiger charge is 2.43. The molecule has 19 heteroatoms. The van der Waals surface area contributed by atoms with Crippen molar-refractivity contribution in [3.63, 3.8) is 0 Å². The first-order chi connectivity index (χ1) is 34.5. The zero-order chi connectivity index (χ0) is 53.4. The van der Waals surface area contributed by atoms with Crippen LogP contribution in [-0.2, 0) is 63.5 Å². The molecule has 72 heavy (non-hydrogen) atoms. The fraction of sp³-hybridized carbons (Fsp3) is 0.792. The van der Waals surface area contributed by atoms with Crippen molar-refractivity contribution in [3.8, 4) is 0 Å². The molecule has 0 aromatic heterocycles. The predicted octanol–water partition coefficient (Wildman–Crippen LogP) is 4.14. The lowest BCUT2D eigenvalue weighted by atomic mass is 9.89. The van der Waals surface area contributed by atoms with E-state index < -0.39 is 30.1 Å². The minimum absolute atomic E-state index is 0.0539. The van der Waals surface area contributed by atoms with Crippen LogP contribution in [0.4, 0.5) is 0 Å². The topological polar surface area (TPSA) is 202 Å². The fourth-order valence-corrected chi connectivity index (χ4v) is 9.35. The number of ether oxygens (including phenoxy) is 8. The van der Waals surface area contributed by atoms with Crippen LogP contribution >= 0.6 is 12.2 Å². The molecule has 0 spiro atoms. The number of likely N-dealkylation sites (tertiary alicyclic amines) is 1. The molecule has 1 aromatic carbocycles. The normalized spacial score (nSPS) is 16.8. The zero-order valence-corrected chi connectivity index (χ0v) is 46.6. The first-order valence-corrected chi connectivity index (χ1v) is 26.6. The van der Waals surface area contributed by atoms with Gasteiger partial charge in [-0.25, -0.2) is 0 Å². The summed E-state index contributed by atoms with van der Waals surface area (Å²) in [7, 11) is 6.58. The first kappa shape index (κ1) is 64.7. The maximum atomic E-state index is 14.6. The van der Waals surface area contributed by atoms with Gasteiger partial charge < -0.3 is 69.0 Å². The summed E-state index contributed by atoms with van der Waals surface area (Å²) in [4.78, 5) is 62.2. The summed E-state index contributed by atoms with van der Waals surface area (Å²) in [5.41, 5.74) is 6.60. The highest BCUT2D eigenvalue weighted by Crippen LogP contribution is 2.30. The van der Waals surface area contributed by atoms with Crippen LogP contribution in [0.3, 0.4) is 0 Å². The average Bonchev–Trinajstić information content (AvgIpc) is 3.85. The third-order valence-corrected chi connectivity index (χ3v) is 13.9. The standard InChI is InChI=1S/C53H94N6O12S/c1-12-40(6)49(44(64-10)37-46(61)59-24-16-19-43(59)50(65-11)41(7)52(72)55-23-20-42-17-14-13-15-18-42)58(9)53(63)47(38(2)3)56-51(62)48(39(4)5)57(8)45(60)21-25-66-27-29-68-31-33-70-35-36-71-34-32-69-30-28-67-26-22-54/h13-15,17-18,38-41,43-44,47-50H,12,16,19-37,54H2,1-11H3,(H,55,72)(H,56,62)/t40?,41?,43-,44?,47?,48?,49?,50?/m0/s1. The second kappa shape index (κ2) is 37.4. The van der Waals surface area contributed by atoms with E-state index in [0.29, 0.717) is 97.3 Å². The van der Waals surface area contributed by atoms with Gasteiger partial charge in [-0.15, -0.1) is 0 Å². The van der Waals surface area contributed by atoms with Gasteiger partial charge in [0.15, 0.2) is 0 Å². The van der Waals surface area contributed by atoms with Crippen LogP contribution in [0, 0.1) is 23.7 Å². The van der Waals surface area contributed by atoms with Crippen molar-refractivity contribution < 1.29 is 57.1 Å². The summed E-state index contributed by atoms with van der Waals surface area (Å²) in [6, 6.07) is 7.83. The van der Waals surface area contributed by atoms with Crippen LogP contribution < -0.4 is 16.4 Å². The molecule has 8 atom stereocenters. The van der Waals surface area contributed by atoms with Crippen molar-refractivity contribution in [1.82, 2.24) is 25.3 Å². The number of methoxy groups -OCH3 is 2. The molecule has 18 nitrogen and oxygen atoms in total. The average molecular weight is 1040 g/mol. The highest BCUT2D eigenvalue weighted by molar-refractivity contribution is 7.80. The molecule has 1 fully saturated rings. The van der Waals surface area contributed by atoms with Crippen LogP contribution in [0.2, 0.25) is 0 Å². The second-order valence-corrected chi connectivity index (χ2v) is 19.7. The molecular weight excluding hydrogens is 945 g/mol. The van der Waals surface area contributed by atoms with Gasteiger partial charge in [0, 0.05) is 53.9 Å². The Hall–Kier alpha value is -3.37. The van der Waals surface area contributed by atoms with Crippen LogP contribution in [0.5, 0.6) is 0 Å². The Morgan fingerprint density at radius 1 is 0.764 bits per heavy atom. The van der Waals surface area contributed by atoms with E-state index in [4.69, 9.17) is 55.8 Å². The van der Waals surface area contributed by atoms with E-state index in [-0.39, 0.29) is 73.0 Å². The van der Waals surface area contributed by atoms with Gasteiger partial charge in [-0.1, -0.05) is 97.4 Å². The number of rotatable bonds is 40. The van der Waals surface area contributed by atoms with Crippen LogP contribution in [0.1, 0.15) is 86.1 Å². The van der Waals surface area contributed by atoms with Crippen molar-refractivity contribution in [3.05, 3.63) is 35.9 Å². The minimum atomic E-state index is -0.908. The van der Waals surface area contributed by atoms with E-state index in [9.17, 15) is 19.2 Å².